The topological polar surface area (TPSA) is 77.8 Å². The first-order valence-electron chi connectivity index (χ1n) is 4.86. The predicted molar refractivity (Wildman–Crippen MR) is 62.7 cm³/mol. The molecule has 84 valence electrons. The van der Waals surface area contributed by atoms with E-state index in [1.54, 1.807) is 6.20 Å². The Morgan fingerprint density at radius 3 is 2.94 bits per heavy atom. The first-order valence-corrected chi connectivity index (χ1v) is 5.65. The van der Waals surface area contributed by atoms with Crippen LogP contribution in [0.1, 0.15) is 18.7 Å². The van der Waals surface area contributed by atoms with E-state index in [9.17, 15) is 0 Å². The smallest absolute Gasteiger partial charge is 0.276 e. The van der Waals surface area contributed by atoms with Gasteiger partial charge in [0.05, 0.1) is 0 Å². The SMILES string of the molecule is CC(CN)c1noc(-c2ccc(Br)cn2)n1. The quantitative estimate of drug-likeness (QED) is 0.931. The summed E-state index contributed by atoms with van der Waals surface area (Å²) in [6, 6.07) is 3.69. The van der Waals surface area contributed by atoms with Gasteiger partial charge in [0.2, 0.25) is 0 Å². The Morgan fingerprint density at radius 1 is 1.50 bits per heavy atom. The molecule has 2 aromatic rings. The average Bonchev–Trinajstić information content (AvgIpc) is 2.78. The molecule has 0 aromatic carbocycles. The Bertz CT molecular complexity index is 468. The van der Waals surface area contributed by atoms with Crippen LogP contribution in [0, 0.1) is 0 Å². The Balaban J connectivity index is 2.28. The average molecular weight is 283 g/mol. The van der Waals surface area contributed by atoms with Crippen LogP contribution in [0.3, 0.4) is 0 Å². The van der Waals surface area contributed by atoms with E-state index in [0.717, 1.165) is 4.47 Å². The van der Waals surface area contributed by atoms with Gasteiger partial charge in [-0.25, -0.2) is 4.98 Å². The third-order valence-electron chi connectivity index (χ3n) is 2.18. The van der Waals surface area contributed by atoms with E-state index in [2.05, 4.69) is 31.1 Å². The van der Waals surface area contributed by atoms with Crippen LogP contribution < -0.4 is 5.73 Å². The third kappa shape index (κ3) is 2.28. The maximum atomic E-state index is 5.53. The Hall–Kier alpha value is -1.27. The highest BCUT2D eigenvalue weighted by Crippen LogP contribution is 2.19. The minimum atomic E-state index is 0.0907. The van der Waals surface area contributed by atoms with Crippen LogP contribution in [0.2, 0.25) is 0 Å². The van der Waals surface area contributed by atoms with E-state index in [-0.39, 0.29) is 5.92 Å². The van der Waals surface area contributed by atoms with Crippen LogP contribution in [0.5, 0.6) is 0 Å². The molecule has 2 aromatic heterocycles. The van der Waals surface area contributed by atoms with Crippen molar-refractivity contribution in [2.45, 2.75) is 12.8 Å². The predicted octanol–water partition coefficient (Wildman–Crippen LogP) is 1.96. The molecular formula is C10H11BrN4O. The van der Waals surface area contributed by atoms with Crippen molar-refractivity contribution in [3.05, 3.63) is 28.6 Å². The summed E-state index contributed by atoms with van der Waals surface area (Å²) in [7, 11) is 0. The minimum Gasteiger partial charge on any atom is -0.332 e. The summed E-state index contributed by atoms with van der Waals surface area (Å²) < 4.78 is 6.03. The van der Waals surface area contributed by atoms with Crippen LogP contribution in [-0.2, 0) is 0 Å². The molecule has 0 aliphatic heterocycles. The third-order valence-corrected chi connectivity index (χ3v) is 2.65. The first kappa shape index (κ1) is 11.2. The maximum Gasteiger partial charge on any atom is 0.276 e. The molecule has 16 heavy (non-hydrogen) atoms. The lowest BCUT2D eigenvalue weighted by atomic mass is 10.2. The first-order chi connectivity index (χ1) is 7.70. The summed E-state index contributed by atoms with van der Waals surface area (Å²) in [5.41, 5.74) is 6.19. The zero-order valence-corrected chi connectivity index (χ0v) is 10.3. The lowest BCUT2D eigenvalue weighted by Crippen LogP contribution is -2.10. The van der Waals surface area contributed by atoms with E-state index in [4.69, 9.17) is 10.3 Å². The molecule has 2 heterocycles. The molecule has 6 heteroatoms. The van der Waals surface area contributed by atoms with E-state index in [1.165, 1.54) is 0 Å². The molecule has 5 nitrogen and oxygen atoms in total. The largest absolute Gasteiger partial charge is 0.332 e. The number of nitrogens with two attached hydrogens (primary N) is 1. The number of nitrogens with zero attached hydrogens (tertiary/aromatic N) is 3. The molecule has 0 spiro atoms. The summed E-state index contributed by atoms with van der Waals surface area (Å²) in [4.78, 5) is 8.42. The van der Waals surface area contributed by atoms with Crippen molar-refractivity contribution < 1.29 is 4.52 Å². The fourth-order valence-electron chi connectivity index (χ4n) is 1.15. The van der Waals surface area contributed by atoms with Gasteiger partial charge in [0.25, 0.3) is 5.89 Å². The number of pyridine rings is 1. The van der Waals surface area contributed by atoms with Gasteiger partial charge in [0, 0.05) is 23.1 Å². The zero-order valence-electron chi connectivity index (χ0n) is 8.72. The highest BCUT2D eigenvalue weighted by atomic mass is 79.9. The van der Waals surface area contributed by atoms with Gasteiger partial charge in [-0.3, -0.25) is 0 Å². The molecule has 0 aliphatic carbocycles. The van der Waals surface area contributed by atoms with Gasteiger partial charge < -0.3 is 10.3 Å². The number of halogens is 1. The molecule has 0 amide bonds. The molecule has 0 bridgehead atoms. The minimum absolute atomic E-state index is 0.0907. The number of hydrogen-bond donors (Lipinski definition) is 1. The number of aromatic nitrogens is 3. The second kappa shape index (κ2) is 4.71. The second-order valence-electron chi connectivity index (χ2n) is 3.46. The van der Waals surface area contributed by atoms with Crippen molar-refractivity contribution in [1.82, 2.24) is 15.1 Å². The lowest BCUT2D eigenvalue weighted by molar-refractivity contribution is 0.417. The van der Waals surface area contributed by atoms with Crippen molar-refractivity contribution in [2.24, 2.45) is 5.73 Å². The van der Waals surface area contributed by atoms with Crippen LogP contribution >= 0.6 is 15.9 Å². The molecule has 2 N–H and O–H groups in total. The van der Waals surface area contributed by atoms with E-state index >= 15 is 0 Å². The second-order valence-corrected chi connectivity index (χ2v) is 4.37. The standard InChI is InChI=1S/C10H11BrN4O/c1-6(4-12)9-14-10(16-15-9)8-3-2-7(11)5-13-8/h2-3,5-6H,4,12H2,1H3. The highest BCUT2D eigenvalue weighted by Gasteiger charge is 2.14. The van der Waals surface area contributed by atoms with Crippen molar-refractivity contribution >= 4 is 15.9 Å². The van der Waals surface area contributed by atoms with Gasteiger partial charge in [0.1, 0.15) is 5.69 Å². The molecule has 0 fully saturated rings. The fraction of sp³-hybridized carbons (Fsp3) is 0.300. The molecule has 0 saturated heterocycles. The fourth-order valence-corrected chi connectivity index (χ4v) is 1.38. The zero-order chi connectivity index (χ0) is 11.5. The number of hydrogen-bond acceptors (Lipinski definition) is 5. The van der Waals surface area contributed by atoms with E-state index < -0.39 is 0 Å². The van der Waals surface area contributed by atoms with Crippen molar-refractivity contribution in [3.8, 4) is 11.6 Å². The van der Waals surface area contributed by atoms with Gasteiger partial charge in [-0.05, 0) is 28.1 Å². The van der Waals surface area contributed by atoms with Gasteiger partial charge in [-0.2, -0.15) is 4.98 Å². The Labute approximate surface area is 101 Å². The van der Waals surface area contributed by atoms with Gasteiger partial charge in [0.15, 0.2) is 5.82 Å². The van der Waals surface area contributed by atoms with Crippen LogP contribution in [0.25, 0.3) is 11.6 Å². The number of rotatable bonds is 3. The summed E-state index contributed by atoms with van der Waals surface area (Å²) in [6.07, 6.45) is 1.69. The van der Waals surface area contributed by atoms with Crippen LogP contribution in [-0.4, -0.2) is 21.7 Å². The normalized spacial score (nSPS) is 12.7. The van der Waals surface area contributed by atoms with Gasteiger partial charge in [-0.1, -0.05) is 12.1 Å². The summed E-state index contributed by atoms with van der Waals surface area (Å²) >= 11 is 3.31. The summed E-state index contributed by atoms with van der Waals surface area (Å²) in [6.45, 7) is 2.44. The van der Waals surface area contributed by atoms with E-state index in [1.807, 2.05) is 19.1 Å². The monoisotopic (exact) mass is 282 g/mol. The summed E-state index contributed by atoms with van der Waals surface area (Å²) in [5, 5.41) is 3.87. The molecule has 0 radical (unpaired) electrons. The van der Waals surface area contributed by atoms with Crippen molar-refractivity contribution in [1.29, 1.82) is 0 Å². The van der Waals surface area contributed by atoms with Crippen LogP contribution in [0.15, 0.2) is 27.3 Å². The molecular weight excluding hydrogens is 272 g/mol. The maximum absolute atomic E-state index is 5.53. The van der Waals surface area contributed by atoms with Crippen LogP contribution in [0.4, 0.5) is 0 Å². The summed E-state index contributed by atoms with van der Waals surface area (Å²) in [5.74, 6) is 1.12. The highest BCUT2D eigenvalue weighted by molar-refractivity contribution is 9.10. The molecule has 1 atom stereocenters. The van der Waals surface area contributed by atoms with Gasteiger partial charge >= 0.3 is 0 Å². The Kier molecular flexibility index (Phi) is 3.31. The van der Waals surface area contributed by atoms with Crippen molar-refractivity contribution in [3.63, 3.8) is 0 Å². The van der Waals surface area contributed by atoms with E-state index in [0.29, 0.717) is 24.0 Å². The lowest BCUT2D eigenvalue weighted by Gasteiger charge is -1.98. The Morgan fingerprint density at radius 2 is 2.31 bits per heavy atom. The molecule has 0 saturated carbocycles. The van der Waals surface area contributed by atoms with Crippen molar-refractivity contribution in [2.75, 3.05) is 6.54 Å². The molecule has 0 aliphatic rings. The molecule has 1 unspecified atom stereocenters. The molecule has 2 rings (SSSR count). The van der Waals surface area contributed by atoms with Gasteiger partial charge in [-0.15, -0.1) is 0 Å².